The van der Waals surface area contributed by atoms with Crippen LogP contribution in [0, 0.1) is 17.8 Å². The quantitative estimate of drug-likeness (QED) is 0.0494. The Morgan fingerprint density at radius 3 is 0.978 bits per heavy atom. The van der Waals surface area contributed by atoms with Gasteiger partial charge in [-0.25, -0.2) is 29.9 Å². The molecular weight excluding hydrogens is 1210 g/mol. The van der Waals surface area contributed by atoms with Crippen LogP contribution in [0.1, 0.15) is 123 Å². The van der Waals surface area contributed by atoms with Crippen LogP contribution < -0.4 is 14.7 Å². The summed E-state index contributed by atoms with van der Waals surface area (Å²) in [6.45, 7) is 2.92. The number of carbonyl (C=O) groups excluding carboxylic acids is 3. The molecule has 0 amide bonds. The second-order valence-corrected chi connectivity index (χ2v) is 23.9. The van der Waals surface area contributed by atoms with Crippen LogP contribution in [-0.4, -0.2) is 148 Å². The van der Waals surface area contributed by atoms with Crippen molar-refractivity contribution in [3.05, 3.63) is 107 Å². The highest BCUT2D eigenvalue weighted by atomic mass is 19.4. The molecule has 9 aromatic rings. The smallest absolute Gasteiger partial charge is 0.380 e. The van der Waals surface area contributed by atoms with E-state index >= 15 is 0 Å². The first-order chi connectivity index (χ1) is 42.7. The van der Waals surface area contributed by atoms with E-state index in [4.69, 9.17) is 13.6 Å². The number of hydrogen-bond donors (Lipinski definition) is 6. The Labute approximate surface area is 500 Å². The number of aliphatic hydroxyl groups is 3. The summed E-state index contributed by atoms with van der Waals surface area (Å²) in [6, 6.07) is 5.62. The monoisotopic (exact) mass is 1260 g/mol. The van der Waals surface area contributed by atoms with E-state index in [0.717, 1.165) is 33.6 Å². The lowest BCUT2D eigenvalue weighted by atomic mass is 9.68. The molecule has 9 aromatic heterocycles. The minimum absolute atomic E-state index is 0.104. The number of Topliss-reactive ketones (excluding diaryl/α,β-unsaturated/α-hetero) is 3. The summed E-state index contributed by atoms with van der Waals surface area (Å²) in [5, 5.41) is 43.0. The summed E-state index contributed by atoms with van der Waals surface area (Å²) >= 11 is 0. The summed E-state index contributed by atoms with van der Waals surface area (Å²) in [7, 11) is 0. The van der Waals surface area contributed by atoms with Crippen LogP contribution in [0.4, 0.5) is 57.0 Å². The Morgan fingerprint density at radius 2 is 0.722 bits per heavy atom. The highest BCUT2D eigenvalue weighted by molar-refractivity contribution is 5.98. The summed E-state index contributed by atoms with van der Waals surface area (Å²) in [5.74, 6) is 1.29. The van der Waals surface area contributed by atoms with E-state index in [9.17, 15) is 69.2 Å². The number of alkyl halides is 9. The number of halogens is 9. The third-order valence-electron chi connectivity index (χ3n) is 17.9. The molecule has 33 heteroatoms. The van der Waals surface area contributed by atoms with E-state index in [2.05, 4.69) is 60.3 Å². The van der Waals surface area contributed by atoms with Crippen LogP contribution in [0.15, 0.2) is 69.3 Å². The second kappa shape index (κ2) is 22.3. The molecule has 3 saturated carbocycles. The van der Waals surface area contributed by atoms with Gasteiger partial charge in [0, 0.05) is 93.4 Å². The van der Waals surface area contributed by atoms with Crippen molar-refractivity contribution < 1.29 is 82.8 Å². The number of fused-ring (bicyclic) bond motifs is 6. The van der Waals surface area contributed by atoms with Crippen molar-refractivity contribution in [3.63, 3.8) is 0 Å². The van der Waals surface area contributed by atoms with E-state index in [1.165, 1.54) is 19.0 Å². The maximum atomic E-state index is 12.8. The van der Waals surface area contributed by atoms with Gasteiger partial charge in [-0.3, -0.25) is 14.4 Å². The van der Waals surface area contributed by atoms with Gasteiger partial charge in [0.25, 0.3) is 0 Å². The van der Waals surface area contributed by atoms with Crippen molar-refractivity contribution in [2.24, 2.45) is 17.8 Å². The first-order valence-electron chi connectivity index (χ1n) is 28.7. The number of hydrogen-bond acceptors (Lipinski definition) is 21. The van der Waals surface area contributed by atoms with Gasteiger partial charge < -0.3 is 58.5 Å². The zero-order valence-electron chi connectivity index (χ0n) is 47.2. The number of aromatic nitrogens is 12. The molecule has 0 saturated heterocycles. The number of H-pyrrole nitrogens is 3. The second-order valence-electron chi connectivity index (χ2n) is 23.9. The Kier molecular flexibility index (Phi) is 14.9. The number of nitrogens with zero attached hydrogens (tertiary/aromatic N) is 12. The molecule has 12 heterocycles. The molecule has 0 atom stereocenters. The molecule has 0 bridgehead atoms. The minimum Gasteiger partial charge on any atom is -0.380 e. The molecule has 3 aliphatic carbocycles. The molecule has 474 valence electrons. The first kappa shape index (κ1) is 60.1. The number of nitrogens with one attached hydrogen (secondary N) is 3. The van der Waals surface area contributed by atoms with Crippen molar-refractivity contribution in [1.29, 1.82) is 0 Å². The van der Waals surface area contributed by atoms with E-state index in [0.29, 0.717) is 109 Å². The number of anilines is 3. The molecule has 6 aliphatic rings. The molecule has 0 aromatic carbocycles. The van der Waals surface area contributed by atoms with Crippen molar-refractivity contribution >= 4 is 67.9 Å². The predicted octanol–water partition coefficient (Wildman–Crippen LogP) is 8.35. The largest absolute Gasteiger partial charge is 0.417 e. The first-order valence-corrected chi connectivity index (χ1v) is 28.7. The van der Waals surface area contributed by atoms with Crippen LogP contribution in [0.25, 0.3) is 33.1 Å². The van der Waals surface area contributed by atoms with Gasteiger partial charge in [-0.15, -0.1) is 0 Å². The average Bonchev–Trinajstić information content (AvgIpc) is 0.886. The van der Waals surface area contributed by atoms with Gasteiger partial charge in [0.1, 0.15) is 70.7 Å². The predicted molar refractivity (Wildman–Crippen MR) is 293 cm³/mol. The fraction of sp³-hybridized carbons (Fsp3) is 0.474. The lowest BCUT2D eigenvalue weighted by Gasteiger charge is -2.44. The molecule has 0 unspecified atom stereocenters. The van der Waals surface area contributed by atoms with Gasteiger partial charge in [0.15, 0.2) is 51.2 Å². The topological polar surface area (TPSA) is 324 Å². The van der Waals surface area contributed by atoms with Gasteiger partial charge in [0.2, 0.25) is 0 Å². The molecule has 24 nitrogen and oxygen atoms in total. The third-order valence-corrected chi connectivity index (χ3v) is 17.9. The number of aromatic amines is 3. The maximum Gasteiger partial charge on any atom is 0.417 e. The number of ketones is 3. The summed E-state index contributed by atoms with van der Waals surface area (Å²) in [4.78, 5) is 78.9. The van der Waals surface area contributed by atoms with Gasteiger partial charge in [-0.1, -0.05) is 15.5 Å². The van der Waals surface area contributed by atoms with E-state index in [-0.39, 0.29) is 53.7 Å². The fourth-order valence-corrected chi connectivity index (χ4v) is 13.0. The van der Waals surface area contributed by atoms with Crippen molar-refractivity contribution in [2.45, 2.75) is 132 Å². The Balaban J connectivity index is 0.000000124. The molecule has 3 aliphatic heterocycles. The molecule has 0 spiro atoms. The van der Waals surface area contributed by atoms with Crippen LogP contribution in [0.5, 0.6) is 0 Å². The van der Waals surface area contributed by atoms with Gasteiger partial charge in [0.05, 0.1) is 35.8 Å². The van der Waals surface area contributed by atoms with Gasteiger partial charge in [-0.2, -0.15) is 39.5 Å². The van der Waals surface area contributed by atoms with Crippen LogP contribution in [0.2, 0.25) is 0 Å². The lowest BCUT2D eigenvalue weighted by molar-refractivity contribution is -0.298. The van der Waals surface area contributed by atoms with Crippen molar-refractivity contribution in [3.8, 4) is 0 Å². The van der Waals surface area contributed by atoms with E-state index < -0.39 is 91.6 Å². The summed E-state index contributed by atoms with van der Waals surface area (Å²) < 4.78 is 131. The minimum atomic E-state index is -4.68. The Bertz CT molecular complexity index is 3770. The highest BCUT2D eigenvalue weighted by Crippen LogP contribution is 2.53. The molecule has 6 N–H and O–H groups in total. The summed E-state index contributed by atoms with van der Waals surface area (Å²) in [5.41, 5.74) is -3.59. The normalized spacial score (nSPS) is 24.0. The Hall–Kier alpha value is -8.85. The third kappa shape index (κ3) is 10.9. The van der Waals surface area contributed by atoms with E-state index in [1.807, 2.05) is 32.9 Å². The van der Waals surface area contributed by atoms with E-state index in [1.54, 1.807) is 18.6 Å². The van der Waals surface area contributed by atoms with Gasteiger partial charge in [-0.05, 0) is 74.5 Å². The SMILES string of the molecule is O=C(CC1CC(O)(C(F)(F)F)C1)c1noc2c1CN(c1ncnc3[nH]ccc13)CC2.O=C(CC1CC(O)(C(F)(F)F)C1)c1noc2c1CN(c1ncnc3[nH]ccc13)CC2.O=C(CC1CC(O)(C(F)(F)F)C1)c1noc2c1CN(c1ncnc3[nH]ccc13)CC2. The molecular formula is C57H54F9N15O9. The van der Waals surface area contributed by atoms with Crippen LogP contribution >= 0.6 is 0 Å². The standard InChI is InChI=1S/3C19H18F3N5O3/c3*20-19(21,22)18(29)6-10(7-18)5-13(28)15-12-8-27(4-2-14(12)30-26-15)17-11-1-3-23-16(11)24-9-25-17/h3*1,3,9-10,29H,2,4-8H2,(H,23,24,25). The molecule has 15 rings (SSSR count). The zero-order chi connectivity index (χ0) is 63.3. The van der Waals surface area contributed by atoms with Crippen LogP contribution in [0.3, 0.4) is 0 Å². The zero-order valence-corrected chi connectivity index (χ0v) is 47.2. The molecule has 0 radical (unpaired) electrons. The average molecular weight is 1260 g/mol. The lowest BCUT2D eigenvalue weighted by Crippen LogP contribution is -2.55. The highest BCUT2D eigenvalue weighted by Gasteiger charge is 2.63. The summed E-state index contributed by atoms with van der Waals surface area (Å²) in [6.07, 6.45) is -5.89. The number of rotatable bonds is 12. The van der Waals surface area contributed by atoms with Gasteiger partial charge >= 0.3 is 18.5 Å². The van der Waals surface area contributed by atoms with Crippen LogP contribution in [-0.2, 0) is 38.9 Å². The molecule has 3 fully saturated rings. The molecule has 90 heavy (non-hydrogen) atoms. The maximum absolute atomic E-state index is 12.8. The number of carbonyl (C=O) groups is 3. The van der Waals surface area contributed by atoms with Crippen molar-refractivity contribution in [2.75, 3.05) is 34.3 Å². The Morgan fingerprint density at radius 1 is 0.456 bits per heavy atom. The van der Waals surface area contributed by atoms with Crippen molar-refractivity contribution in [1.82, 2.24) is 60.3 Å². The fourth-order valence-electron chi connectivity index (χ4n) is 13.0.